The molecular formula is C19H32. The van der Waals surface area contributed by atoms with Gasteiger partial charge < -0.3 is 0 Å². The maximum atomic E-state index is 2.71. The Labute approximate surface area is 119 Å². The third-order valence-electron chi connectivity index (χ3n) is 9.35. The number of hydrogen-bond acceptors (Lipinski definition) is 0. The zero-order valence-electron chi connectivity index (χ0n) is 13.7. The molecule has 0 aliphatic heterocycles. The van der Waals surface area contributed by atoms with Gasteiger partial charge in [0.05, 0.1) is 0 Å². The lowest BCUT2D eigenvalue weighted by molar-refractivity contribution is -0.300. The highest BCUT2D eigenvalue weighted by molar-refractivity contribution is 5.22. The van der Waals surface area contributed by atoms with Gasteiger partial charge in [0.15, 0.2) is 0 Å². The van der Waals surface area contributed by atoms with Gasteiger partial charge in [-0.15, -0.1) is 0 Å². The lowest BCUT2D eigenvalue weighted by atomic mass is 9.26. The molecule has 19 heavy (non-hydrogen) atoms. The Hall–Kier alpha value is 0. The normalized spacial score (nSPS) is 57.0. The van der Waals surface area contributed by atoms with Gasteiger partial charge in [0.25, 0.3) is 0 Å². The van der Waals surface area contributed by atoms with Gasteiger partial charge in [0, 0.05) is 0 Å². The van der Waals surface area contributed by atoms with Crippen molar-refractivity contribution in [2.24, 2.45) is 39.4 Å². The van der Waals surface area contributed by atoms with Crippen LogP contribution in [0.15, 0.2) is 0 Å². The summed E-state index contributed by atoms with van der Waals surface area (Å²) in [4.78, 5) is 0. The van der Waals surface area contributed by atoms with Crippen LogP contribution >= 0.6 is 0 Å². The van der Waals surface area contributed by atoms with Gasteiger partial charge in [-0.1, -0.05) is 41.0 Å². The van der Waals surface area contributed by atoms with Crippen LogP contribution < -0.4 is 0 Å². The van der Waals surface area contributed by atoms with Crippen molar-refractivity contribution in [1.29, 1.82) is 0 Å². The van der Waals surface area contributed by atoms with Crippen LogP contribution in [0, 0.1) is 39.4 Å². The second kappa shape index (κ2) is 3.25. The van der Waals surface area contributed by atoms with Crippen molar-refractivity contribution in [2.75, 3.05) is 0 Å². The summed E-state index contributed by atoms with van der Waals surface area (Å²) in [5.74, 6) is 3.10. The molecule has 0 N–H and O–H groups in total. The average molecular weight is 260 g/mol. The zero-order valence-corrected chi connectivity index (χ0v) is 13.7. The summed E-state index contributed by atoms with van der Waals surface area (Å²) in [5, 5.41) is 0. The van der Waals surface area contributed by atoms with Crippen LogP contribution in [0.25, 0.3) is 0 Å². The van der Waals surface area contributed by atoms with E-state index in [2.05, 4.69) is 34.6 Å². The Morgan fingerprint density at radius 1 is 0.842 bits per heavy atom. The first-order valence-electron chi connectivity index (χ1n) is 8.76. The highest BCUT2D eigenvalue weighted by atomic mass is 14.8. The lowest BCUT2D eigenvalue weighted by Crippen LogP contribution is -2.71. The van der Waals surface area contributed by atoms with Crippen molar-refractivity contribution in [3.63, 3.8) is 0 Å². The maximum Gasteiger partial charge on any atom is -0.0184 e. The van der Waals surface area contributed by atoms with Crippen LogP contribution in [0.5, 0.6) is 0 Å². The number of rotatable bonds is 1. The van der Waals surface area contributed by atoms with E-state index in [0.717, 1.165) is 17.8 Å². The van der Waals surface area contributed by atoms with E-state index in [-0.39, 0.29) is 0 Å². The molecule has 6 rings (SSSR count). The molecule has 4 bridgehead atoms. The zero-order chi connectivity index (χ0) is 13.7. The number of fused-ring (bicyclic) bond motifs is 4. The van der Waals surface area contributed by atoms with Crippen LogP contribution in [0.3, 0.4) is 0 Å². The van der Waals surface area contributed by atoms with E-state index in [1.54, 1.807) is 12.8 Å². The monoisotopic (exact) mass is 260 g/mol. The van der Waals surface area contributed by atoms with E-state index in [0.29, 0.717) is 21.7 Å². The highest BCUT2D eigenvalue weighted by Gasteiger charge is 2.73. The number of hydrogen-bond donors (Lipinski definition) is 0. The third kappa shape index (κ3) is 1.12. The van der Waals surface area contributed by atoms with Gasteiger partial charge in [-0.3, -0.25) is 0 Å². The Kier molecular flexibility index (Phi) is 2.18. The minimum Gasteiger partial charge on any atom is -0.0594 e. The Morgan fingerprint density at radius 3 is 2.11 bits per heavy atom. The Morgan fingerprint density at radius 2 is 1.58 bits per heavy atom. The first-order valence-corrected chi connectivity index (χ1v) is 8.76. The van der Waals surface area contributed by atoms with Crippen molar-refractivity contribution in [3.05, 3.63) is 0 Å². The van der Waals surface area contributed by atoms with E-state index < -0.39 is 0 Å². The van der Waals surface area contributed by atoms with Crippen molar-refractivity contribution < 1.29 is 0 Å². The fourth-order valence-electron chi connectivity index (χ4n) is 7.80. The van der Waals surface area contributed by atoms with Crippen molar-refractivity contribution in [1.82, 2.24) is 0 Å². The molecule has 6 aliphatic carbocycles. The Balaban J connectivity index is 1.75. The average Bonchev–Trinajstić information content (AvgIpc) is 2.38. The molecule has 108 valence electrons. The van der Waals surface area contributed by atoms with E-state index in [4.69, 9.17) is 0 Å². The molecular weight excluding hydrogens is 228 g/mol. The summed E-state index contributed by atoms with van der Waals surface area (Å²) >= 11 is 0. The fraction of sp³-hybridized carbons (Fsp3) is 1.00. The summed E-state index contributed by atoms with van der Waals surface area (Å²) in [5.41, 5.74) is 2.60. The molecule has 5 atom stereocenters. The molecule has 0 heteroatoms. The molecule has 0 saturated heterocycles. The van der Waals surface area contributed by atoms with Crippen LogP contribution in [0.4, 0.5) is 0 Å². The van der Waals surface area contributed by atoms with Crippen LogP contribution in [-0.2, 0) is 0 Å². The molecule has 0 aromatic carbocycles. The summed E-state index contributed by atoms with van der Waals surface area (Å²) < 4.78 is 0. The molecule has 0 heterocycles. The van der Waals surface area contributed by atoms with Crippen LogP contribution in [0.1, 0.15) is 79.6 Å². The summed E-state index contributed by atoms with van der Waals surface area (Å²) in [7, 11) is 0. The van der Waals surface area contributed by atoms with Crippen molar-refractivity contribution >= 4 is 0 Å². The SMILES string of the molecule is CC1(C)C2CCC(C)(C34CCCC(C3)C4(C)C)C1C2. The minimum absolute atomic E-state index is 0.624. The van der Waals surface area contributed by atoms with E-state index >= 15 is 0 Å². The molecule has 0 spiro atoms. The van der Waals surface area contributed by atoms with Gasteiger partial charge in [-0.2, -0.15) is 0 Å². The van der Waals surface area contributed by atoms with Gasteiger partial charge >= 0.3 is 0 Å². The minimum atomic E-state index is 0.624. The second-order valence-electron chi connectivity index (χ2n) is 9.86. The Bertz CT molecular complexity index is 412. The summed E-state index contributed by atoms with van der Waals surface area (Å²) in [6.07, 6.45) is 10.7. The molecule has 6 fully saturated rings. The molecule has 6 aliphatic rings. The molecule has 5 unspecified atom stereocenters. The fourth-order valence-corrected chi connectivity index (χ4v) is 7.80. The third-order valence-corrected chi connectivity index (χ3v) is 9.35. The molecule has 0 radical (unpaired) electrons. The molecule has 0 aromatic heterocycles. The highest BCUT2D eigenvalue weighted by Crippen LogP contribution is 2.81. The maximum absolute atomic E-state index is 2.71. The van der Waals surface area contributed by atoms with Gasteiger partial charge in [-0.25, -0.2) is 0 Å². The molecule has 0 nitrogen and oxygen atoms in total. The van der Waals surface area contributed by atoms with Crippen LogP contribution in [0.2, 0.25) is 0 Å². The predicted molar refractivity (Wildman–Crippen MR) is 80.9 cm³/mol. The van der Waals surface area contributed by atoms with Gasteiger partial charge in [-0.05, 0) is 77.9 Å². The predicted octanol–water partition coefficient (Wildman–Crippen LogP) is 5.67. The standard InChI is InChI=1S/C19H32/c1-16(2)13-8-10-18(5,15(16)11-13)19-9-6-7-14(12-19)17(19,3)4/h13-15H,6-12H2,1-5H3. The smallest absolute Gasteiger partial charge is 0.0184 e. The van der Waals surface area contributed by atoms with Gasteiger partial charge in [0.1, 0.15) is 0 Å². The van der Waals surface area contributed by atoms with Gasteiger partial charge in [0.2, 0.25) is 0 Å². The molecule has 0 aromatic rings. The van der Waals surface area contributed by atoms with E-state index in [9.17, 15) is 0 Å². The quantitative estimate of drug-likeness (QED) is 0.570. The summed E-state index contributed by atoms with van der Waals surface area (Å²) in [6.45, 7) is 13.1. The molecule has 6 saturated carbocycles. The lowest BCUT2D eigenvalue weighted by Gasteiger charge is -2.79. The first kappa shape index (κ1) is 12.7. The van der Waals surface area contributed by atoms with Crippen molar-refractivity contribution in [2.45, 2.75) is 79.6 Å². The summed E-state index contributed by atoms with van der Waals surface area (Å²) in [6, 6.07) is 0. The van der Waals surface area contributed by atoms with E-state index in [1.165, 1.54) is 32.1 Å². The first-order chi connectivity index (χ1) is 8.76. The molecule has 0 amide bonds. The topological polar surface area (TPSA) is 0 Å². The van der Waals surface area contributed by atoms with Crippen LogP contribution in [-0.4, -0.2) is 0 Å². The van der Waals surface area contributed by atoms with E-state index in [1.807, 2.05) is 0 Å². The second-order valence-corrected chi connectivity index (χ2v) is 9.86. The largest absolute Gasteiger partial charge is 0.0594 e. The van der Waals surface area contributed by atoms with Crippen molar-refractivity contribution in [3.8, 4) is 0 Å².